The van der Waals surface area contributed by atoms with Crippen molar-refractivity contribution < 1.29 is 14.1 Å². The van der Waals surface area contributed by atoms with Crippen LogP contribution in [0.2, 0.25) is 0 Å². The summed E-state index contributed by atoms with van der Waals surface area (Å²) in [5.74, 6) is 0.259. The fraction of sp³-hybridized carbons (Fsp3) is 0.600. The van der Waals surface area contributed by atoms with E-state index in [1.165, 1.54) is 0 Å². The van der Waals surface area contributed by atoms with Gasteiger partial charge in [-0.2, -0.15) is 0 Å². The molecule has 0 saturated heterocycles. The van der Waals surface area contributed by atoms with Crippen molar-refractivity contribution in [3.05, 3.63) is 17.5 Å². The van der Waals surface area contributed by atoms with Crippen LogP contribution < -0.4 is 5.32 Å². The molecule has 1 heterocycles. The molecule has 1 N–H and O–H groups in total. The minimum Gasteiger partial charge on any atom is -0.377 e. The molecule has 5 nitrogen and oxygen atoms in total. The van der Waals surface area contributed by atoms with E-state index in [0.717, 1.165) is 0 Å². The Bertz CT molecular complexity index is 377. The van der Waals surface area contributed by atoms with Crippen molar-refractivity contribution in [1.29, 1.82) is 0 Å². The number of hydrogen-bond donors (Lipinski definition) is 1. The zero-order valence-corrected chi connectivity index (χ0v) is 12.8. The molecule has 0 aromatic carbocycles. The minimum absolute atomic E-state index is 0.255. The molecule has 0 fully saturated rings. The van der Waals surface area contributed by atoms with Gasteiger partial charge in [0.1, 0.15) is 6.61 Å². The lowest BCUT2D eigenvalue weighted by atomic mass is 10.1. The highest BCUT2D eigenvalue weighted by Crippen LogP contribution is 2.13. The lowest BCUT2D eigenvalue weighted by molar-refractivity contribution is 0.0913. The van der Waals surface area contributed by atoms with E-state index in [4.69, 9.17) is 9.26 Å². The van der Waals surface area contributed by atoms with E-state index >= 15 is 0 Å². The Morgan fingerprint density at radius 1 is 1.59 bits per heavy atom. The number of methoxy groups -OCH3 is 1. The fourth-order valence-electron chi connectivity index (χ4n) is 1.07. The predicted molar refractivity (Wildman–Crippen MR) is 70.7 cm³/mol. The summed E-state index contributed by atoms with van der Waals surface area (Å²) in [6.07, 6.45) is 0. The Hall–Kier alpha value is -0.400. The smallest absolute Gasteiger partial charge is 0.273 e. The first kappa shape index (κ1) is 14.7. The monoisotopic (exact) mass is 368 g/mol. The van der Waals surface area contributed by atoms with E-state index < -0.39 is 0 Å². The molecule has 0 aliphatic rings. The molecule has 96 valence electrons. The standard InChI is InChI=1S/C10H14Br2N2O3/c1-10(5-11,6-12)13-9(15)8-3-7(4-16-2)17-14-8/h3H,4-6H2,1-2H3,(H,13,15). The van der Waals surface area contributed by atoms with Crippen molar-refractivity contribution >= 4 is 37.8 Å². The Morgan fingerprint density at radius 3 is 2.76 bits per heavy atom. The lowest BCUT2D eigenvalue weighted by Crippen LogP contribution is -2.49. The number of hydrogen-bond acceptors (Lipinski definition) is 4. The van der Waals surface area contributed by atoms with Crippen molar-refractivity contribution in [3.8, 4) is 0 Å². The van der Waals surface area contributed by atoms with Gasteiger partial charge in [0, 0.05) is 23.8 Å². The summed E-state index contributed by atoms with van der Waals surface area (Å²) in [7, 11) is 1.55. The normalized spacial score (nSPS) is 11.5. The molecule has 0 radical (unpaired) electrons. The number of alkyl halides is 2. The van der Waals surface area contributed by atoms with Crippen LogP contribution in [0, 0.1) is 0 Å². The van der Waals surface area contributed by atoms with Crippen molar-refractivity contribution in [3.63, 3.8) is 0 Å². The molecule has 0 saturated carbocycles. The maximum atomic E-state index is 11.9. The maximum Gasteiger partial charge on any atom is 0.273 e. The topological polar surface area (TPSA) is 64.4 Å². The second-order valence-corrected chi connectivity index (χ2v) is 5.01. The average Bonchev–Trinajstić information content (AvgIpc) is 2.78. The van der Waals surface area contributed by atoms with Crippen LogP contribution >= 0.6 is 31.9 Å². The molecule has 0 unspecified atom stereocenters. The first-order chi connectivity index (χ1) is 8.04. The number of halogens is 2. The van der Waals surface area contributed by atoms with Crippen LogP contribution in [0.5, 0.6) is 0 Å². The Balaban J connectivity index is 2.69. The molecule has 1 aromatic heterocycles. The van der Waals surface area contributed by atoms with Crippen LogP contribution in [0.3, 0.4) is 0 Å². The third-order valence-electron chi connectivity index (χ3n) is 2.08. The van der Waals surface area contributed by atoms with Gasteiger partial charge in [-0.1, -0.05) is 37.0 Å². The van der Waals surface area contributed by atoms with Crippen LogP contribution in [0.1, 0.15) is 23.2 Å². The summed E-state index contributed by atoms with van der Waals surface area (Å²) in [5.41, 5.74) is -0.109. The summed E-state index contributed by atoms with van der Waals surface area (Å²) >= 11 is 6.71. The molecular weight excluding hydrogens is 356 g/mol. The summed E-state index contributed by atoms with van der Waals surface area (Å²) in [4.78, 5) is 11.9. The second-order valence-electron chi connectivity index (χ2n) is 3.89. The number of rotatable bonds is 6. The Labute approximate surface area is 117 Å². The van der Waals surface area contributed by atoms with Gasteiger partial charge in [0.05, 0.1) is 5.54 Å². The molecular formula is C10H14Br2N2O3. The van der Waals surface area contributed by atoms with Crippen LogP contribution in [0.25, 0.3) is 0 Å². The summed E-state index contributed by atoms with van der Waals surface area (Å²) in [6.45, 7) is 2.22. The maximum absolute atomic E-state index is 11.9. The van der Waals surface area contributed by atoms with Gasteiger partial charge in [-0.15, -0.1) is 0 Å². The molecule has 1 rings (SSSR count). The van der Waals surface area contributed by atoms with Crippen molar-refractivity contribution in [2.75, 3.05) is 17.8 Å². The SMILES string of the molecule is COCc1cc(C(=O)NC(C)(CBr)CBr)no1. The Kier molecular flexibility index (Phi) is 5.61. The highest BCUT2D eigenvalue weighted by atomic mass is 79.9. The fourth-order valence-corrected chi connectivity index (χ4v) is 2.28. The summed E-state index contributed by atoms with van der Waals surface area (Å²) < 4.78 is 9.83. The molecule has 0 bridgehead atoms. The van der Waals surface area contributed by atoms with E-state index in [-0.39, 0.29) is 17.1 Å². The first-order valence-corrected chi connectivity index (χ1v) is 7.18. The molecule has 0 aliphatic heterocycles. The zero-order chi connectivity index (χ0) is 12.9. The minimum atomic E-state index is -0.364. The van der Waals surface area contributed by atoms with E-state index in [9.17, 15) is 4.79 Å². The van der Waals surface area contributed by atoms with Crippen molar-refractivity contribution in [2.24, 2.45) is 0 Å². The third kappa shape index (κ3) is 4.08. The molecule has 0 spiro atoms. The zero-order valence-electron chi connectivity index (χ0n) is 9.63. The number of ether oxygens (including phenoxy) is 1. The van der Waals surface area contributed by atoms with Crippen LogP contribution in [0.15, 0.2) is 10.6 Å². The van der Waals surface area contributed by atoms with E-state index in [2.05, 4.69) is 42.3 Å². The van der Waals surface area contributed by atoms with Crippen LogP contribution in [-0.4, -0.2) is 34.4 Å². The Morgan fingerprint density at radius 2 is 2.24 bits per heavy atom. The highest BCUT2D eigenvalue weighted by molar-refractivity contribution is 9.09. The third-order valence-corrected chi connectivity index (χ3v) is 4.56. The van der Waals surface area contributed by atoms with E-state index in [1.807, 2.05) is 6.92 Å². The number of nitrogens with one attached hydrogen (secondary N) is 1. The van der Waals surface area contributed by atoms with Gasteiger partial charge in [0.2, 0.25) is 0 Å². The van der Waals surface area contributed by atoms with Crippen molar-refractivity contribution in [2.45, 2.75) is 19.1 Å². The second kappa shape index (κ2) is 6.51. The summed E-state index contributed by atoms with van der Waals surface area (Å²) in [6, 6.07) is 1.57. The van der Waals surface area contributed by atoms with Gasteiger partial charge in [0.25, 0.3) is 5.91 Å². The van der Waals surface area contributed by atoms with E-state index in [1.54, 1.807) is 13.2 Å². The van der Waals surface area contributed by atoms with Crippen LogP contribution in [0.4, 0.5) is 0 Å². The van der Waals surface area contributed by atoms with Gasteiger partial charge in [-0.3, -0.25) is 4.79 Å². The predicted octanol–water partition coefficient (Wildman–Crippen LogP) is 2.10. The molecule has 17 heavy (non-hydrogen) atoms. The van der Waals surface area contributed by atoms with E-state index in [0.29, 0.717) is 23.0 Å². The molecule has 0 atom stereocenters. The number of nitrogens with zero attached hydrogens (tertiary/aromatic N) is 1. The van der Waals surface area contributed by atoms with Gasteiger partial charge in [-0.05, 0) is 6.92 Å². The number of carbonyl (C=O) groups is 1. The molecule has 0 aliphatic carbocycles. The quantitative estimate of drug-likeness (QED) is 0.780. The molecule has 1 amide bonds. The summed E-state index contributed by atoms with van der Waals surface area (Å²) in [5, 5.41) is 7.84. The largest absolute Gasteiger partial charge is 0.377 e. The van der Waals surface area contributed by atoms with Gasteiger partial charge in [0.15, 0.2) is 11.5 Å². The van der Waals surface area contributed by atoms with Gasteiger partial charge in [-0.25, -0.2) is 0 Å². The van der Waals surface area contributed by atoms with Gasteiger partial charge < -0.3 is 14.6 Å². The highest BCUT2D eigenvalue weighted by Gasteiger charge is 2.25. The first-order valence-electron chi connectivity index (χ1n) is 4.93. The number of aromatic nitrogens is 1. The van der Waals surface area contributed by atoms with Gasteiger partial charge >= 0.3 is 0 Å². The molecule has 1 aromatic rings. The van der Waals surface area contributed by atoms with Crippen molar-refractivity contribution in [1.82, 2.24) is 10.5 Å². The van der Waals surface area contributed by atoms with Crippen LogP contribution in [-0.2, 0) is 11.3 Å². The average molecular weight is 370 g/mol. The number of carbonyl (C=O) groups excluding carboxylic acids is 1. The molecule has 7 heteroatoms. The number of amides is 1. The lowest BCUT2D eigenvalue weighted by Gasteiger charge is -2.25.